The highest BCUT2D eigenvalue weighted by molar-refractivity contribution is 6.07. The van der Waals surface area contributed by atoms with Crippen LogP contribution in [0.25, 0.3) is 55.3 Å². The highest BCUT2D eigenvalue weighted by Crippen LogP contribution is 2.53. The molecule has 1 aromatic heterocycles. The summed E-state index contributed by atoms with van der Waals surface area (Å²) in [5, 5.41) is 2.21. The van der Waals surface area contributed by atoms with Crippen molar-refractivity contribution in [2.45, 2.75) is 12.3 Å². The van der Waals surface area contributed by atoms with Gasteiger partial charge in [-0.05, 0) is 106 Å². The fourth-order valence-corrected chi connectivity index (χ4v) is 8.32. The second kappa shape index (κ2) is 12.0. The number of hydrogen-bond donors (Lipinski definition) is 0. The van der Waals surface area contributed by atoms with Gasteiger partial charge in [-0.2, -0.15) is 0 Å². The molecule has 0 bridgehead atoms. The van der Waals surface area contributed by atoms with Gasteiger partial charge in [-0.3, -0.25) is 0 Å². The molecule has 0 radical (unpaired) electrons. The van der Waals surface area contributed by atoms with Crippen molar-refractivity contribution in [3.8, 4) is 33.4 Å². The number of fused-ring (bicyclic) bond motifs is 6. The SMILES string of the molecule is CC1(c2ccc3c(c2)oc2ccc(N(c4ccc(-c5ccccc5)cc4)c4cccc(-c5ccccc5)c4)cc23)c2ccccc2-c2ccccc21. The molecule has 10 rings (SSSR count). The number of anilines is 3. The number of hydrogen-bond acceptors (Lipinski definition) is 2. The van der Waals surface area contributed by atoms with Crippen LogP contribution in [0.3, 0.4) is 0 Å². The van der Waals surface area contributed by atoms with Crippen LogP contribution in [0, 0.1) is 0 Å². The summed E-state index contributed by atoms with van der Waals surface area (Å²) >= 11 is 0. The third kappa shape index (κ3) is 4.80. The second-order valence-electron chi connectivity index (χ2n) is 13.9. The Bertz CT molecular complexity index is 2700. The van der Waals surface area contributed by atoms with Crippen LogP contribution in [-0.4, -0.2) is 0 Å². The smallest absolute Gasteiger partial charge is 0.135 e. The Labute approximate surface area is 303 Å². The molecule has 2 nitrogen and oxygen atoms in total. The normalized spacial score (nSPS) is 12.9. The molecule has 0 fully saturated rings. The molecule has 9 aromatic rings. The van der Waals surface area contributed by atoms with Crippen molar-refractivity contribution in [1.82, 2.24) is 0 Å². The van der Waals surface area contributed by atoms with E-state index in [2.05, 4.69) is 206 Å². The molecule has 2 heteroatoms. The maximum atomic E-state index is 6.64. The molecule has 0 aliphatic heterocycles. The second-order valence-corrected chi connectivity index (χ2v) is 13.9. The van der Waals surface area contributed by atoms with Gasteiger partial charge in [0.1, 0.15) is 11.2 Å². The van der Waals surface area contributed by atoms with Crippen LogP contribution < -0.4 is 4.90 Å². The summed E-state index contributed by atoms with van der Waals surface area (Å²) in [5.41, 5.74) is 16.0. The van der Waals surface area contributed by atoms with E-state index in [9.17, 15) is 0 Å². The molecule has 0 N–H and O–H groups in total. The van der Waals surface area contributed by atoms with Crippen molar-refractivity contribution in [3.63, 3.8) is 0 Å². The van der Waals surface area contributed by atoms with Crippen molar-refractivity contribution in [2.75, 3.05) is 4.90 Å². The van der Waals surface area contributed by atoms with E-state index in [0.717, 1.165) is 39.0 Å². The molecule has 0 saturated heterocycles. The lowest BCUT2D eigenvalue weighted by molar-refractivity contribution is 0.662. The van der Waals surface area contributed by atoms with E-state index in [4.69, 9.17) is 4.42 Å². The summed E-state index contributed by atoms with van der Waals surface area (Å²) in [4.78, 5) is 2.35. The van der Waals surface area contributed by atoms with E-state index in [1.165, 1.54) is 50.1 Å². The Morgan fingerprint density at radius 1 is 0.385 bits per heavy atom. The summed E-state index contributed by atoms with van der Waals surface area (Å²) in [6, 6.07) is 69.8. The van der Waals surface area contributed by atoms with Gasteiger partial charge in [0.15, 0.2) is 0 Å². The van der Waals surface area contributed by atoms with E-state index in [-0.39, 0.29) is 5.41 Å². The van der Waals surface area contributed by atoms with Crippen LogP contribution in [0.4, 0.5) is 17.1 Å². The van der Waals surface area contributed by atoms with Crippen LogP contribution in [0.1, 0.15) is 23.6 Å². The minimum atomic E-state index is -0.280. The molecule has 0 spiro atoms. The van der Waals surface area contributed by atoms with Gasteiger partial charge in [-0.1, -0.05) is 146 Å². The maximum absolute atomic E-state index is 6.64. The number of rotatable bonds is 6. The summed E-state index contributed by atoms with van der Waals surface area (Å²) in [7, 11) is 0. The first-order valence-corrected chi connectivity index (χ1v) is 17.9. The highest BCUT2D eigenvalue weighted by atomic mass is 16.3. The average Bonchev–Trinajstić information content (AvgIpc) is 3.71. The minimum absolute atomic E-state index is 0.280. The Kier molecular flexibility index (Phi) is 6.97. The predicted molar refractivity (Wildman–Crippen MR) is 217 cm³/mol. The quantitative estimate of drug-likeness (QED) is 0.176. The zero-order chi connectivity index (χ0) is 34.6. The zero-order valence-corrected chi connectivity index (χ0v) is 28.8. The molecule has 52 heavy (non-hydrogen) atoms. The Balaban J connectivity index is 1.10. The topological polar surface area (TPSA) is 16.4 Å². The van der Waals surface area contributed by atoms with Crippen LogP contribution in [0.2, 0.25) is 0 Å². The summed E-state index contributed by atoms with van der Waals surface area (Å²) in [6.45, 7) is 2.35. The van der Waals surface area contributed by atoms with Gasteiger partial charge in [0.05, 0.1) is 0 Å². The number of furan rings is 1. The molecule has 1 heterocycles. The number of benzene rings is 8. The third-order valence-electron chi connectivity index (χ3n) is 11.0. The lowest BCUT2D eigenvalue weighted by atomic mass is 9.74. The van der Waals surface area contributed by atoms with Gasteiger partial charge in [0, 0.05) is 33.2 Å². The van der Waals surface area contributed by atoms with Crippen LogP contribution in [0.5, 0.6) is 0 Å². The van der Waals surface area contributed by atoms with Gasteiger partial charge in [-0.25, -0.2) is 0 Å². The molecule has 0 amide bonds. The Hall–Kier alpha value is -6.64. The Morgan fingerprint density at radius 3 is 1.63 bits per heavy atom. The predicted octanol–water partition coefficient (Wildman–Crippen LogP) is 13.7. The highest BCUT2D eigenvalue weighted by Gasteiger charge is 2.40. The first kappa shape index (κ1) is 30.2. The van der Waals surface area contributed by atoms with Crippen LogP contribution >= 0.6 is 0 Å². The van der Waals surface area contributed by atoms with E-state index in [1.807, 2.05) is 0 Å². The van der Waals surface area contributed by atoms with Gasteiger partial charge in [-0.15, -0.1) is 0 Å². The zero-order valence-electron chi connectivity index (χ0n) is 28.8. The fourth-order valence-electron chi connectivity index (χ4n) is 8.32. The average molecular weight is 666 g/mol. The Morgan fingerprint density at radius 2 is 0.942 bits per heavy atom. The summed E-state index contributed by atoms with van der Waals surface area (Å²) < 4.78 is 6.64. The van der Waals surface area contributed by atoms with Crippen molar-refractivity contribution in [1.29, 1.82) is 0 Å². The first-order valence-electron chi connectivity index (χ1n) is 17.9. The largest absolute Gasteiger partial charge is 0.456 e. The van der Waals surface area contributed by atoms with E-state index < -0.39 is 0 Å². The molecule has 0 atom stereocenters. The van der Waals surface area contributed by atoms with E-state index in [0.29, 0.717) is 0 Å². The fraction of sp³-hybridized carbons (Fsp3) is 0.0400. The van der Waals surface area contributed by atoms with Crippen molar-refractivity contribution < 1.29 is 4.42 Å². The molecule has 246 valence electrons. The monoisotopic (exact) mass is 665 g/mol. The molecular weight excluding hydrogens is 631 g/mol. The molecule has 0 unspecified atom stereocenters. The van der Waals surface area contributed by atoms with E-state index >= 15 is 0 Å². The van der Waals surface area contributed by atoms with Crippen molar-refractivity contribution in [3.05, 3.63) is 211 Å². The summed E-state index contributed by atoms with van der Waals surface area (Å²) in [6.07, 6.45) is 0. The molecule has 1 aliphatic carbocycles. The van der Waals surface area contributed by atoms with Crippen molar-refractivity contribution >= 4 is 39.0 Å². The standard InChI is InChI=1S/C50H35NO/c1-50(46-21-10-8-19-42(46)43-20-9-11-22-47(43)50)38-25-29-44-45-33-41(28-30-48(45)52-49(44)32-38)51(39-26-23-36(24-27-39)34-13-4-2-5-14-34)40-18-12-17-37(31-40)35-15-6-3-7-16-35/h2-33H,1H3. The van der Waals surface area contributed by atoms with Crippen molar-refractivity contribution in [2.24, 2.45) is 0 Å². The van der Waals surface area contributed by atoms with Gasteiger partial charge in [0.2, 0.25) is 0 Å². The van der Waals surface area contributed by atoms with Gasteiger partial charge < -0.3 is 9.32 Å². The lowest BCUT2D eigenvalue weighted by Gasteiger charge is -2.28. The number of nitrogens with zero attached hydrogens (tertiary/aromatic N) is 1. The lowest BCUT2D eigenvalue weighted by Crippen LogP contribution is -2.22. The third-order valence-corrected chi connectivity index (χ3v) is 11.0. The maximum Gasteiger partial charge on any atom is 0.135 e. The van der Waals surface area contributed by atoms with E-state index in [1.54, 1.807) is 0 Å². The molecule has 0 saturated carbocycles. The minimum Gasteiger partial charge on any atom is -0.456 e. The van der Waals surface area contributed by atoms with Crippen LogP contribution in [-0.2, 0) is 5.41 Å². The molecule has 1 aliphatic rings. The van der Waals surface area contributed by atoms with Crippen LogP contribution in [0.15, 0.2) is 199 Å². The molecule has 8 aromatic carbocycles. The summed E-state index contributed by atoms with van der Waals surface area (Å²) in [5.74, 6) is 0. The molecular formula is C50H35NO. The van der Waals surface area contributed by atoms with Gasteiger partial charge >= 0.3 is 0 Å². The first-order chi connectivity index (χ1) is 25.6. The van der Waals surface area contributed by atoms with Gasteiger partial charge in [0.25, 0.3) is 0 Å².